The lowest BCUT2D eigenvalue weighted by atomic mass is 10.6. The van der Waals surface area contributed by atoms with Crippen LogP contribution >= 0.6 is 8.03 Å². The standard InChI is InChI=1S/C6H14O4PS/c1-4-6(12(3,8)9)11(7)10-5-2/h6H,4-5H2,1-3H3/q+1. The van der Waals surface area contributed by atoms with Crippen LogP contribution in [0, 0.1) is 0 Å². The summed E-state index contributed by atoms with van der Waals surface area (Å²) in [6, 6.07) is 0. The van der Waals surface area contributed by atoms with E-state index in [-0.39, 0.29) is 6.61 Å². The molecule has 0 aliphatic heterocycles. The van der Waals surface area contributed by atoms with Gasteiger partial charge in [0.15, 0.2) is 9.84 Å². The Morgan fingerprint density at radius 2 is 1.92 bits per heavy atom. The molecule has 0 bridgehead atoms. The molecule has 0 aliphatic carbocycles. The highest BCUT2D eigenvalue weighted by molar-refractivity contribution is 7.96. The third-order valence-corrected chi connectivity index (χ3v) is 5.67. The summed E-state index contributed by atoms with van der Waals surface area (Å²) in [6.45, 7) is 3.64. The van der Waals surface area contributed by atoms with Gasteiger partial charge in [0.2, 0.25) is 0 Å². The second-order valence-corrected chi connectivity index (χ2v) is 6.43. The quantitative estimate of drug-likeness (QED) is 0.650. The van der Waals surface area contributed by atoms with Crippen LogP contribution in [0.1, 0.15) is 20.3 Å². The minimum Gasteiger partial charge on any atom is -0.224 e. The van der Waals surface area contributed by atoms with E-state index in [4.69, 9.17) is 4.52 Å². The molecule has 0 rings (SSSR count). The maximum Gasteiger partial charge on any atom is 0.527 e. The number of sulfone groups is 1. The number of hydrogen-bond donors (Lipinski definition) is 0. The fraction of sp³-hybridized carbons (Fsp3) is 1.00. The van der Waals surface area contributed by atoms with Gasteiger partial charge >= 0.3 is 8.03 Å². The molecular weight excluding hydrogens is 199 g/mol. The predicted octanol–water partition coefficient (Wildman–Crippen LogP) is 1.55. The molecule has 0 aliphatic rings. The van der Waals surface area contributed by atoms with E-state index >= 15 is 0 Å². The van der Waals surface area contributed by atoms with Crippen LogP contribution in [-0.2, 0) is 18.9 Å². The molecular formula is C6H14O4PS+. The Hall–Kier alpha value is 0.01000. The molecule has 4 nitrogen and oxygen atoms in total. The predicted molar refractivity (Wildman–Crippen MR) is 48.2 cm³/mol. The summed E-state index contributed by atoms with van der Waals surface area (Å²) < 4.78 is 37.9. The van der Waals surface area contributed by atoms with E-state index < -0.39 is 22.9 Å². The van der Waals surface area contributed by atoms with Crippen LogP contribution < -0.4 is 0 Å². The summed E-state index contributed by atoms with van der Waals surface area (Å²) >= 11 is 0. The monoisotopic (exact) mass is 213 g/mol. The Balaban J connectivity index is 4.47. The lowest BCUT2D eigenvalue weighted by Gasteiger charge is -1.98. The van der Waals surface area contributed by atoms with E-state index in [1.807, 2.05) is 0 Å². The van der Waals surface area contributed by atoms with Crippen molar-refractivity contribution in [2.75, 3.05) is 12.9 Å². The topological polar surface area (TPSA) is 60.4 Å². The van der Waals surface area contributed by atoms with Crippen molar-refractivity contribution in [3.05, 3.63) is 0 Å². The Morgan fingerprint density at radius 3 is 2.17 bits per heavy atom. The molecule has 0 aromatic carbocycles. The zero-order valence-electron chi connectivity index (χ0n) is 7.48. The Kier molecular flexibility index (Phi) is 4.90. The fourth-order valence-corrected chi connectivity index (χ4v) is 3.58. The zero-order chi connectivity index (χ0) is 9.78. The van der Waals surface area contributed by atoms with E-state index in [0.717, 1.165) is 6.26 Å². The van der Waals surface area contributed by atoms with Gasteiger partial charge < -0.3 is 0 Å². The van der Waals surface area contributed by atoms with Gasteiger partial charge in [-0.15, -0.1) is 4.52 Å². The van der Waals surface area contributed by atoms with E-state index in [0.29, 0.717) is 6.42 Å². The molecule has 0 aromatic rings. The van der Waals surface area contributed by atoms with Gasteiger partial charge in [-0.3, -0.25) is 0 Å². The normalized spacial score (nSPS) is 15.8. The number of hydrogen-bond acceptors (Lipinski definition) is 4. The van der Waals surface area contributed by atoms with Crippen LogP contribution in [0.2, 0.25) is 0 Å². The van der Waals surface area contributed by atoms with Crippen LogP contribution in [0.25, 0.3) is 0 Å². The van der Waals surface area contributed by atoms with Crippen molar-refractivity contribution in [1.29, 1.82) is 0 Å². The maximum atomic E-state index is 11.2. The van der Waals surface area contributed by atoms with Crippen LogP contribution in [-0.4, -0.2) is 26.3 Å². The minimum atomic E-state index is -3.25. The molecule has 0 aromatic heterocycles. The minimum absolute atomic E-state index is 0.279. The third kappa shape index (κ3) is 3.61. The van der Waals surface area contributed by atoms with Crippen LogP contribution in [0.5, 0.6) is 0 Å². The SMILES string of the molecule is CCO[P+](=O)C(CC)S(C)(=O)=O. The lowest BCUT2D eigenvalue weighted by Crippen LogP contribution is -2.15. The molecule has 0 N–H and O–H groups in total. The van der Waals surface area contributed by atoms with E-state index in [1.54, 1.807) is 13.8 Å². The van der Waals surface area contributed by atoms with Crippen LogP contribution in [0.4, 0.5) is 0 Å². The Morgan fingerprint density at radius 1 is 1.42 bits per heavy atom. The Labute approximate surface area is 74.1 Å². The number of rotatable bonds is 5. The van der Waals surface area contributed by atoms with Crippen molar-refractivity contribution in [3.63, 3.8) is 0 Å². The van der Waals surface area contributed by atoms with Crippen molar-refractivity contribution in [2.24, 2.45) is 0 Å². The molecule has 72 valence electrons. The second-order valence-electron chi connectivity index (χ2n) is 2.40. The molecule has 2 atom stereocenters. The van der Waals surface area contributed by atoms with Gasteiger partial charge in [0.05, 0.1) is 6.61 Å². The molecule has 0 fully saturated rings. The lowest BCUT2D eigenvalue weighted by molar-refractivity contribution is 0.347. The van der Waals surface area contributed by atoms with E-state index in [2.05, 4.69) is 0 Å². The summed E-state index contributed by atoms with van der Waals surface area (Å²) in [7, 11) is -5.32. The smallest absolute Gasteiger partial charge is 0.224 e. The van der Waals surface area contributed by atoms with E-state index in [1.165, 1.54) is 0 Å². The highest BCUT2D eigenvalue weighted by Crippen LogP contribution is 2.34. The first kappa shape index (κ1) is 12.0. The highest BCUT2D eigenvalue weighted by atomic mass is 32.2. The van der Waals surface area contributed by atoms with Crippen molar-refractivity contribution >= 4 is 17.9 Å². The van der Waals surface area contributed by atoms with Gasteiger partial charge in [0.1, 0.15) is 0 Å². The van der Waals surface area contributed by atoms with Gasteiger partial charge in [-0.05, 0) is 11.5 Å². The average Bonchev–Trinajstić information content (AvgIpc) is 1.85. The zero-order valence-corrected chi connectivity index (χ0v) is 9.19. The summed E-state index contributed by atoms with van der Waals surface area (Å²) in [6.07, 6.45) is 1.40. The van der Waals surface area contributed by atoms with Gasteiger partial charge in [0.25, 0.3) is 4.99 Å². The molecule has 0 saturated heterocycles. The molecule has 0 spiro atoms. The first-order chi connectivity index (χ1) is 5.43. The molecule has 0 radical (unpaired) electrons. The van der Waals surface area contributed by atoms with Crippen molar-refractivity contribution in [3.8, 4) is 0 Å². The molecule has 6 heteroatoms. The highest BCUT2D eigenvalue weighted by Gasteiger charge is 2.39. The van der Waals surface area contributed by atoms with Crippen LogP contribution in [0.3, 0.4) is 0 Å². The van der Waals surface area contributed by atoms with Crippen molar-refractivity contribution in [1.82, 2.24) is 0 Å². The fourth-order valence-electron chi connectivity index (χ4n) is 0.819. The summed E-state index contributed by atoms with van der Waals surface area (Å²) in [5.41, 5.74) is 0. The van der Waals surface area contributed by atoms with Gasteiger partial charge in [-0.25, -0.2) is 8.42 Å². The summed E-state index contributed by atoms with van der Waals surface area (Å²) in [5, 5.41) is 0. The van der Waals surface area contributed by atoms with E-state index in [9.17, 15) is 13.0 Å². The third-order valence-electron chi connectivity index (χ3n) is 1.33. The van der Waals surface area contributed by atoms with Crippen molar-refractivity contribution in [2.45, 2.75) is 25.3 Å². The first-order valence-corrected chi connectivity index (χ1v) is 6.91. The molecule has 0 amide bonds. The molecule has 0 saturated carbocycles. The largest absolute Gasteiger partial charge is 0.527 e. The second kappa shape index (κ2) is 4.90. The molecule has 0 heterocycles. The van der Waals surface area contributed by atoms with Crippen molar-refractivity contribution < 1.29 is 17.5 Å². The van der Waals surface area contributed by atoms with Gasteiger partial charge in [-0.2, -0.15) is 0 Å². The molecule has 12 heavy (non-hydrogen) atoms. The van der Waals surface area contributed by atoms with Crippen LogP contribution in [0.15, 0.2) is 0 Å². The summed E-state index contributed by atoms with van der Waals surface area (Å²) in [5.74, 6) is 0. The maximum absolute atomic E-state index is 11.2. The Bertz CT molecular complexity index is 246. The molecule has 2 unspecified atom stereocenters. The van der Waals surface area contributed by atoms with Gasteiger partial charge in [0, 0.05) is 12.7 Å². The van der Waals surface area contributed by atoms with Gasteiger partial charge in [-0.1, -0.05) is 6.92 Å². The summed E-state index contributed by atoms with van der Waals surface area (Å²) in [4.78, 5) is -0.854. The average molecular weight is 213 g/mol. The first-order valence-electron chi connectivity index (χ1n) is 3.71.